The van der Waals surface area contributed by atoms with Crippen molar-refractivity contribution in [1.29, 1.82) is 0 Å². The van der Waals surface area contributed by atoms with Gasteiger partial charge in [0, 0.05) is 27.7 Å². The van der Waals surface area contributed by atoms with Gasteiger partial charge in [0.05, 0.1) is 6.04 Å². The van der Waals surface area contributed by atoms with E-state index in [1.807, 2.05) is 18.2 Å². The molecule has 7 heteroatoms. The van der Waals surface area contributed by atoms with Gasteiger partial charge >= 0.3 is 0 Å². The first-order valence-corrected chi connectivity index (χ1v) is 9.20. The van der Waals surface area contributed by atoms with Crippen molar-refractivity contribution < 1.29 is 13.9 Å². The van der Waals surface area contributed by atoms with Crippen LogP contribution in [0.1, 0.15) is 35.9 Å². The van der Waals surface area contributed by atoms with E-state index >= 15 is 0 Å². The number of benzene rings is 1. The summed E-state index contributed by atoms with van der Waals surface area (Å²) in [4.78, 5) is 27.5. The van der Waals surface area contributed by atoms with Crippen molar-refractivity contribution in [2.45, 2.75) is 32.2 Å². The Kier molecular flexibility index (Phi) is 4.66. The van der Waals surface area contributed by atoms with E-state index in [-0.39, 0.29) is 29.7 Å². The zero-order valence-electron chi connectivity index (χ0n) is 14.8. The molecule has 0 aliphatic heterocycles. The van der Waals surface area contributed by atoms with E-state index in [1.54, 1.807) is 6.92 Å². The molecular weight excluding hydrogens is 368 g/mol. The first kappa shape index (κ1) is 17.7. The van der Waals surface area contributed by atoms with E-state index in [0.717, 1.165) is 35.9 Å². The van der Waals surface area contributed by atoms with Crippen molar-refractivity contribution in [3.63, 3.8) is 0 Å². The number of aromatic nitrogens is 1. The van der Waals surface area contributed by atoms with E-state index in [0.29, 0.717) is 10.8 Å². The molecule has 140 valence electrons. The molecule has 0 fully saturated rings. The van der Waals surface area contributed by atoms with Gasteiger partial charge in [0.25, 0.3) is 5.91 Å². The third kappa shape index (κ3) is 3.57. The average molecular weight is 387 g/mol. The van der Waals surface area contributed by atoms with Gasteiger partial charge in [-0.25, -0.2) is 0 Å². The summed E-state index contributed by atoms with van der Waals surface area (Å²) in [7, 11) is 0. The Morgan fingerprint density at radius 1 is 1.41 bits per heavy atom. The number of rotatable bonds is 4. The Morgan fingerprint density at radius 2 is 2.26 bits per heavy atom. The lowest BCUT2D eigenvalue weighted by molar-refractivity contribution is -0.124. The molecule has 0 saturated carbocycles. The van der Waals surface area contributed by atoms with Crippen LogP contribution in [0.15, 0.2) is 39.7 Å². The van der Waals surface area contributed by atoms with Crippen molar-refractivity contribution in [3.05, 3.63) is 62.8 Å². The minimum absolute atomic E-state index is 0.0281. The average Bonchev–Trinajstić information content (AvgIpc) is 3.00. The van der Waals surface area contributed by atoms with Gasteiger partial charge in [0.1, 0.15) is 12.0 Å². The van der Waals surface area contributed by atoms with Crippen molar-refractivity contribution in [2.75, 3.05) is 6.61 Å². The zero-order chi connectivity index (χ0) is 19.0. The number of nitrogens with one attached hydrogen (secondary N) is 2. The van der Waals surface area contributed by atoms with Crippen molar-refractivity contribution in [2.24, 2.45) is 0 Å². The number of H-pyrrole nitrogens is 1. The first-order chi connectivity index (χ1) is 13.0. The lowest BCUT2D eigenvalue weighted by atomic mass is 9.91. The standard InChI is InChI=1S/C20H19ClN2O4/c1-11-7-17(24)18(9-26-11)27-10-19(25)22-16-4-2-3-13-14-8-12(21)5-6-15(14)23-20(13)16/h5-9,16,23H,2-4,10H2,1H3,(H,22,25)/t16-/m1/s1. The van der Waals surface area contributed by atoms with Gasteiger partial charge in [-0.05, 0) is 49.9 Å². The quantitative estimate of drug-likeness (QED) is 0.716. The van der Waals surface area contributed by atoms with E-state index in [1.165, 1.54) is 17.9 Å². The number of hydrogen-bond donors (Lipinski definition) is 2. The summed E-state index contributed by atoms with van der Waals surface area (Å²) in [5.41, 5.74) is 2.92. The summed E-state index contributed by atoms with van der Waals surface area (Å²) >= 11 is 6.13. The number of aromatic amines is 1. The summed E-state index contributed by atoms with van der Waals surface area (Å²) in [5.74, 6) is 0.232. The normalized spacial score (nSPS) is 16.1. The number of carbonyl (C=O) groups is 1. The molecule has 1 amide bonds. The van der Waals surface area contributed by atoms with Crippen LogP contribution in [0.4, 0.5) is 0 Å². The van der Waals surface area contributed by atoms with Gasteiger partial charge in [0.2, 0.25) is 11.2 Å². The minimum atomic E-state index is -0.306. The van der Waals surface area contributed by atoms with Crippen LogP contribution >= 0.6 is 11.6 Å². The fourth-order valence-corrected chi connectivity index (χ4v) is 3.73. The molecule has 2 aromatic heterocycles. The summed E-state index contributed by atoms with van der Waals surface area (Å²) in [6.07, 6.45) is 3.99. The van der Waals surface area contributed by atoms with Crippen LogP contribution in [0.3, 0.4) is 0 Å². The van der Waals surface area contributed by atoms with Gasteiger partial charge in [-0.1, -0.05) is 11.6 Å². The lowest BCUT2D eigenvalue weighted by Crippen LogP contribution is -2.34. The van der Waals surface area contributed by atoms with Gasteiger partial charge in [-0.2, -0.15) is 0 Å². The van der Waals surface area contributed by atoms with E-state index in [2.05, 4.69) is 10.3 Å². The second kappa shape index (κ2) is 7.12. The highest BCUT2D eigenvalue weighted by atomic mass is 35.5. The highest BCUT2D eigenvalue weighted by Crippen LogP contribution is 2.35. The molecule has 3 aromatic rings. The first-order valence-electron chi connectivity index (χ1n) is 8.83. The Morgan fingerprint density at radius 3 is 3.07 bits per heavy atom. The number of ether oxygens (including phenoxy) is 1. The maximum Gasteiger partial charge on any atom is 0.258 e. The van der Waals surface area contributed by atoms with Crippen LogP contribution in [0.5, 0.6) is 5.75 Å². The van der Waals surface area contributed by atoms with E-state index in [4.69, 9.17) is 20.8 Å². The molecule has 0 bridgehead atoms. The minimum Gasteiger partial charge on any atom is -0.477 e. The van der Waals surface area contributed by atoms with Crippen LogP contribution in [0, 0.1) is 6.92 Å². The number of amides is 1. The van der Waals surface area contributed by atoms with Crippen molar-refractivity contribution >= 4 is 28.4 Å². The fraction of sp³-hybridized carbons (Fsp3) is 0.300. The lowest BCUT2D eigenvalue weighted by Gasteiger charge is -2.23. The maximum absolute atomic E-state index is 12.3. The fourth-order valence-electron chi connectivity index (χ4n) is 3.56. The van der Waals surface area contributed by atoms with Crippen LogP contribution in [0.2, 0.25) is 5.02 Å². The smallest absolute Gasteiger partial charge is 0.258 e. The summed E-state index contributed by atoms with van der Waals surface area (Å²) in [6.45, 7) is 1.43. The molecule has 0 spiro atoms. The summed E-state index contributed by atoms with van der Waals surface area (Å²) in [6, 6.07) is 6.96. The van der Waals surface area contributed by atoms with Crippen LogP contribution in [-0.2, 0) is 11.2 Å². The van der Waals surface area contributed by atoms with Crippen molar-refractivity contribution in [1.82, 2.24) is 10.3 Å². The molecule has 1 aromatic carbocycles. The number of aryl methyl sites for hydroxylation is 2. The second-order valence-electron chi connectivity index (χ2n) is 6.73. The third-order valence-electron chi connectivity index (χ3n) is 4.79. The van der Waals surface area contributed by atoms with Crippen LogP contribution in [0.25, 0.3) is 10.9 Å². The highest BCUT2D eigenvalue weighted by molar-refractivity contribution is 6.31. The molecule has 0 saturated heterocycles. The van der Waals surface area contributed by atoms with Gasteiger partial charge in [-0.3, -0.25) is 9.59 Å². The SMILES string of the molecule is Cc1cc(=O)c(OCC(=O)N[C@@H]2CCCc3c2[nH]c2ccc(Cl)cc32)co1. The molecule has 1 aliphatic carbocycles. The molecule has 1 aliphatic rings. The molecule has 4 rings (SSSR count). The van der Waals surface area contributed by atoms with Crippen LogP contribution < -0.4 is 15.5 Å². The Balaban J connectivity index is 1.48. The predicted molar refractivity (Wildman–Crippen MR) is 102 cm³/mol. The maximum atomic E-state index is 12.3. The molecule has 2 N–H and O–H groups in total. The molecule has 27 heavy (non-hydrogen) atoms. The summed E-state index contributed by atoms with van der Waals surface area (Å²) < 4.78 is 10.5. The number of carbonyl (C=O) groups excluding carboxylic acids is 1. The molecular formula is C20H19ClN2O4. The van der Waals surface area contributed by atoms with Gasteiger partial charge in [-0.15, -0.1) is 0 Å². The highest BCUT2D eigenvalue weighted by Gasteiger charge is 2.25. The summed E-state index contributed by atoms with van der Waals surface area (Å²) in [5, 5.41) is 4.79. The Bertz CT molecular complexity index is 1070. The number of fused-ring (bicyclic) bond motifs is 3. The molecule has 6 nitrogen and oxygen atoms in total. The predicted octanol–water partition coefficient (Wildman–Crippen LogP) is 3.66. The largest absolute Gasteiger partial charge is 0.477 e. The monoisotopic (exact) mass is 386 g/mol. The Hall–Kier alpha value is -2.73. The van der Waals surface area contributed by atoms with Crippen LogP contribution in [-0.4, -0.2) is 17.5 Å². The van der Waals surface area contributed by atoms with E-state index in [9.17, 15) is 9.59 Å². The molecule has 1 atom stereocenters. The molecule has 0 unspecified atom stereocenters. The Labute approximate surface area is 160 Å². The topological polar surface area (TPSA) is 84.3 Å². The molecule has 2 heterocycles. The third-order valence-corrected chi connectivity index (χ3v) is 5.03. The zero-order valence-corrected chi connectivity index (χ0v) is 15.6. The number of halogens is 1. The number of hydrogen-bond acceptors (Lipinski definition) is 4. The van der Waals surface area contributed by atoms with Gasteiger partial charge in [0.15, 0.2) is 6.61 Å². The van der Waals surface area contributed by atoms with Gasteiger partial charge < -0.3 is 19.5 Å². The van der Waals surface area contributed by atoms with Crippen molar-refractivity contribution in [3.8, 4) is 5.75 Å². The van der Waals surface area contributed by atoms with E-state index < -0.39 is 0 Å². The second-order valence-corrected chi connectivity index (χ2v) is 7.16. The molecule has 0 radical (unpaired) electrons.